The van der Waals surface area contributed by atoms with Crippen molar-refractivity contribution < 1.29 is 10.0 Å². The minimum atomic E-state index is -0.541. The highest BCUT2D eigenvalue weighted by Gasteiger charge is 2.08. The number of rotatable bonds is 3. The summed E-state index contributed by atoms with van der Waals surface area (Å²) in [5, 5.41) is 22.4. The molecule has 1 aromatic carbocycles. The van der Waals surface area contributed by atoms with Gasteiger partial charge in [-0.15, -0.1) is 0 Å². The molecule has 70 valence electrons. The summed E-state index contributed by atoms with van der Waals surface area (Å²) in [5.74, 6) is -0.106. The molecule has 0 radical (unpaired) electrons. The van der Waals surface area contributed by atoms with Gasteiger partial charge in [0.15, 0.2) is 0 Å². The zero-order valence-electron chi connectivity index (χ0n) is 7.15. The maximum Gasteiger partial charge on any atom is 0.275 e. The van der Waals surface area contributed by atoms with Crippen LogP contribution in [0.15, 0.2) is 18.2 Å². The predicted octanol–water partition coefficient (Wildman–Crippen LogP) is 1.73. The third-order valence-electron chi connectivity index (χ3n) is 1.49. The van der Waals surface area contributed by atoms with E-state index < -0.39 is 4.92 Å². The van der Waals surface area contributed by atoms with Crippen molar-refractivity contribution in [3.8, 4) is 5.75 Å². The van der Waals surface area contributed by atoms with Crippen LogP contribution < -0.4 is 5.32 Å². The van der Waals surface area contributed by atoms with Crippen LogP contribution in [0, 0.1) is 10.1 Å². The van der Waals surface area contributed by atoms with E-state index in [1.54, 1.807) is 0 Å². The van der Waals surface area contributed by atoms with Gasteiger partial charge in [-0.2, -0.15) is 0 Å². The average Bonchev–Trinajstić information content (AvgIpc) is 2.03. The lowest BCUT2D eigenvalue weighted by molar-refractivity contribution is -0.384. The van der Waals surface area contributed by atoms with Crippen LogP contribution >= 0.6 is 0 Å². The number of non-ortho nitro benzene ring substituents is 1. The summed E-state index contributed by atoms with van der Waals surface area (Å²) in [5.41, 5.74) is 0.435. The van der Waals surface area contributed by atoms with Gasteiger partial charge in [-0.05, 0) is 6.92 Å². The van der Waals surface area contributed by atoms with Crippen LogP contribution in [0.2, 0.25) is 0 Å². The first-order valence-electron chi connectivity index (χ1n) is 3.86. The fraction of sp³-hybridized carbons (Fsp3) is 0.250. The second-order valence-corrected chi connectivity index (χ2v) is 2.53. The molecule has 0 atom stereocenters. The molecule has 0 unspecified atom stereocenters. The summed E-state index contributed by atoms with van der Waals surface area (Å²) in [6.07, 6.45) is 0. The first kappa shape index (κ1) is 9.31. The fourth-order valence-electron chi connectivity index (χ4n) is 1.01. The molecule has 13 heavy (non-hydrogen) atoms. The summed E-state index contributed by atoms with van der Waals surface area (Å²) in [7, 11) is 0. The zero-order valence-corrected chi connectivity index (χ0v) is 7.15. The van der Waals surface area contributed by atoms with E-state index in [-0.39, 0.29) is 11.4 Å². The van der Waals surface area contributed by atoms with Gasteiger partial charge in [-0.25, -0.2) is 0 Å². The number of nitro groups is 1. The number of anilines is 1. The molecule has 2 N–H and O–H groups in total. The number of hydrogen-bond donors (Lipinski definition) is 2. The predicted molar refractivity (Wildman–Crippen MR) is 48.9 cm³/mol. The Morgan fingerprint density at radius 1 is 1.54 bits per heavy atom. The SMILES string of the molecule is CCNc1cc(O)cc([N+](=O)[O-])c1. The van der Waals surface area contributed by atoms with Gasteiger partial charge in [0.2, 0.25) is 0 Å². The van der Waals surface area contributed by atoms with E-state index in [0.717, 1.165) is 6.07 Å². The summed E-state index contributed by atoms with van der Waals surface area (Å²) in [4.78, 5) is 9.84. The Morgan fingerprint density at radius 3 is 2.77 bits per heavy atom. The van der Waals surface area contributed by atoms with Crippen molar-refractivity contribution in [3.63, 3.8) is 0 Å². The molecule has 1 rings (SSSR count). The fourth-order valence-corrected chi connectivity index (χ4v) is 1.01. The van der Waals surface area contributed by atoms with Crippen molar-refractivity contribution in [2.45, 2.75) is 6.92 Å². The van der Waals surface area contributed by atoms with Crippen molar-refractivity contribution >= 4 is 11.4 Å². The Bertz CT molecular complexity index is 325. The van der Waals surface area contributed by atoms with E-state index in [4.69, 9.17) is 5.11 Å². The average molecular weight is 182 g/mol. The highest BCUT2D eigenvalue weighted by molar-refractivity contribution is 5.55. The maximum absolute atomic E-state index is 10.4. The Labute approximate surface area is 75.2 Å². The normalized spacial score (nSPS) is 9.62. The van der Waals surface area contributed by atoms with Gasteiger partial charge in [0.25, 0.3) is 5.69 Å². The molecular weight excluding hydrogens is 172 g/mol. The quantitative estimate of drug-likeness (QED) is 0.551. The molecule has 0 heterocycles. The lowest BCUT2D eigenvalue weighted by atomic mass is 10.2. The molecule has 0 bridgehead atoms. The maximum atomic E-state index is 10.4. The lowest BCUT2D eigenvalue weighted by Gasteiger charge is -2.02. The second kappa shape index (κ2) is 3.75. The minimum Gasteiger partial charge on any atom is -0.508 e. The van der Waals surface area contributed by atoms with Gasteiger partial charge >= 0.3 is 0 Å². The Kier molecular flexibility index (Phi) is 2.69. The molecule has 0 fully saturated rings. The topological polar surface area (TPSA) is 75.4 Å². The van der Waals surface area contributed by atoms with Crippen molar-refractivity contribution in [3.05, 3.63) is 28.3 Å². The number of nitrogens with zero attached hydrogens (tertiary/aromatic N) is 1. The van der Waals surface area contributed by atoms with Crippen LogP contribution in [0.1, 0.15) is 6.92 Å². The van der Waals surface area contributed by atoms with Crippen molar-refractivity contribution in [1.82, 2.24) is 0 Å². The largest absolute Gasteiger partial charge is 0.508 e. The van der Waals surface area contributed by atoms with Crippen LogP contribution in [0.4, 0.5) is 11.4 Å². The van der Waals surface area contributed by atoms with Crippen LogP contribution in [-0.2, 0) is 0 Å². The van der Waals surface area contributed by atoms with E-state index in [9.17, 15) is 10.1 Å². The van der Waals surface area contributed by atoms with E-state index in [0.29, 0.717) is 12.2 Å². The second-order valence-electron chi connectivity index (χ2n) is 2.53. The number of benzene rings is 1. The number of hydrogen-bond acceptors (Lipinski definition) is 4. The molecule has 5 heteroatoms. The van der Waals surface area contributed by atoms with E-state index in [1.807, 2.05) is 6.92 Å². The van der Waals surface area contributed by atoms with Gasteiger partial charge in [0, 0.05) is 24.4 Å². The molecule has 0 spiro atoms. The summed E-state index contributed by atoms with van der Waals surface area (Å²) in [6, 6.07) is 3.93. The highest BCUT2D eigenvalue weighted by atomic mass is 16.6. The highest BCUT2D eigenvalue weighted by Crippen LogP contribution is 2.24. The number of phenols is 1. The molecule has 0 aliphatic heterocycles. The minimum absolute atomic E-state index is 0.106. The Hall–Kier alpha value is -1.78. The van der Waals surface area contributed by atoms with Crippen LogP contribution in [-0.4, -0.2) is 16.6 Å². The monoisotopic (exact) mass is 182 g/mol. The summed E-state index contributed by atoms with van der Waals surface area (Å²) in [6.45, 7) is 2.52. The van der Waals surface area contributed by atoms with Crippen molar-refractivity contribution in [2.75, 3.05) is 11.9 Å². The van der Waals surface area contributed by atoms with Gasteiger partial charge in [-0.1, -0.05) is 0 Å². The third kappa shape index (κ3) is 2.33. The number of nitro benzene ring substituents is 1. The molecule has 0 amide bonds. The molecule has 0 aliphatic carbocycles. The van der Waals surface area contributed by atoms with Gasteiger partial charge in [0.1, 0.15) is 5.75 Å². The Balaban J connectivity index is 3.03. The first-order valence-corrected chi connectivity index (χ1v) is 3.86. The summed E-state index contributed by atoms with van der Waals surface area (Å²) >= 11 is 0. The third-order valence-corrected chi connectivity index (χ3v) is 1.49. The van der Waals surface area contributed by atoms with Crippen LogP contribution in [0.5, 0.6) is 5.75 Å². The van der Waals surface area contributed by atoms with Gasteiger partial charge < -0.3 is 10.4 Å². The number of nitrogens with one attached hydrogen (secondary N) is 1. The molecular formula is C8H10N2O3. The van der Waals surface area contributed by atoms with Crippen molar-refractivity contribution in [2.24, 2.45) is 0 Å². The summed E-state index contributed by atoms with van der Waals surface area (Å²) < 4.78 is 0. The van der Waals surface area contributed by atoms with Gasteiger partial charge in [0.05, 0.1) is 11.0 Å². The molecule has 0 saturated heterocycles. The lowest BCUT2D eigenvalue weighted by Crippen LogP contribution is -1.97. The van der Waals surface area contributed by atoms with E-state index in [1.165, 1.54) is 12.1 Å². The number of phenolic OH excluding ortho intramolecular Hbond substituents is 1. The molecule has 0 aliphatic rings. The molecule has 0 saturated carbocycles. The number of aromatic hydroxyl groups is 1. The smallest absolute Gasteiger partial charge is 0.275 e. The van der Waals surface area contributed by atoms with Crippen LogP contribution in [0.3, 0.4) is 0 Å². The van der Waals surface area contributed by atoms with Crippen LogP contribution in [0.25, 0.3) is 0 Å². The van der Waals surface area contributed by atoms with Gasteiger partial charge in [-0.3, -0.25) is 10.1 Å². The molecule has 1 aromatic rings. The standard InChI is InChI=1S/C8H10N2O3/c1-2-9-6-3-7(10(12)13)5-8(11)4-6/h3-5,9,11H,2H2,1H3. The first-order chi connectivity index (χ1) is 6.13. The molecule has 0 aromatic heterocycles. The van der Waals surface area contributed by atoms with Crippen molar-refractivity contribution in [1.29, 1.82) is 0 Å². The van der Waals surface area contributed by atoms with E-state index >= 15 is 0 Å². The zero-order chi connectivity index (χ0) is 9.84. The molecule has 5 nitrogen and oxygen atoms in total. The van der Waals surface area contributed by atoms with E-state index in [2.05, 4.69) is 5.32 Å². The Morgan fingerprint density at radius 2 is 2.23 bits per heavy atom.